The number of sulfonamides is 1. The highest BCUT2D eigenvalue weighted by molar-refractivity contribution is 7.89. The average Bonchev–Trinajstić information content (AvgIpc) is 2.93. The third kappa shape index (κ3) is 4.93. The maximum atomic E-state index is 12.4. The fraction of sp³-hybridized carbons (Fsp3) is 0.588. The van der Waals surface area contributed by atoms with Crippen molar-refractivity contribution in [3.8, 4) is 5.75 Å². The van der Waals surface area contributed by atoms with Gasteiger partial charge in [0, 0.05) is 39.5 Å². The molecule has 2 rings (SSSR count). The number of benzene rings is 1. The number of ether oxygens (including phenoxy) is 1. The number of carbonyl (C=O) groups is 1. The van der Waals surface area contributed by atoms with Gasteiger partial charge in [-0.05, 0) is 18.1 Å². The van der Waals surface area contributed by atoms with Crippen molar-refractivity contribution in [3.05, 3.63) is 29.8 Å². The Kier molecular flexibility index (Phi) is 6.42. The van der Waals surface area contributed by atoms with Gasteiger partial charge in [0.05, 0.1) is 19.0 Å². The predicted molar refractivity (Wildman–Crippen MR) is 94.9 cm³/mol. The molecular weight excluding hydrogens is 344 g/mol. The van der Waals surface area contributed by atoms with Crippen molar-refractivity contribution < 1.29 is 23.1 Å². The van der Waals surface area contributed by atoms with Crippen LogP contribution in [-0.2, 0) is 21.2 Å². The molecule has 0 bridgehead atoms. The number of aliphatic hydroxyl groups excluding tert-OH is 1. The van der Waals surface area contributed by atoms with Crippen LogP contribution in [0.15, 0.2) is 24.3 Å². The minimum atomic E-state index is -3.41. The summed E-state index contributed by atoms with van der Waals surface area (Å²) in [6.07, 6.45) is 0.0148. The second-order valence-electron chi connectivity index (χ2n) is 6.50. The van der Waals surface area contributed by atoms with Gasteiger partial charge in [0.25, 0.3) is 0 Å². The third-order valence-corrected chi connectivity index (χ3v) is 6.50. The quantitative estimate of drug-likeness (QED) is 0.748. The molecule has 1 fully saturated rings. The standard InChI is InChI=1S/C17H26N2O5S/c1-18(2)25(22,23)12-14-10-19(11-15(14)20)17(21)9-8-13-6-4-5-7-16(13)24-3/h4-7,14-15,20H,8-12H2,1-3H3/t14-,15+/m0/s1. The van der Waals surface area contributed by atoms with E-state index in [9.17, 15) is 18.3 Å². The van der Waals surface area contributed by atoms with Crippen LogP contribution in [-0.4, -0.2) is 74.8 Å². The lowest BCUT2D eigenvalue weighted by Crippen LogP contribution is -2.33. The van der Waals surface area contributed by atoms with Gasteiger partial charge in [-0.3, -0.25) is 4.79 Å². The Labute approximate surface area is 149 Å². The van der Waals surface area contributed by atoms with Crippen LogP contribution in [0.1, 0.15) is 12.0 Å². The number of amides is 1. The van der Waals surface area contributed by atoms with Crippen molar-refractivity contribution in [2.24, 2.45) is 5.92 Å². The lowest BCUT2D eigenvalue weighted by Gasteiger charge is -2.18. The number of nitrogens with zero attached hydrogens (tertiary/aromatic N) is 2. The molecule has 2 atom stereocenters. The number of para-hydroxylation sites is 1. The zero-order chi connectivity index (χ0) is 18.6. The molecule has 0 unspecified atom stereocenters. The maximum absolute atomic E-state index is 12.4. The first-order chi connectivity index (χ1) is 11.7. The number of hydrogen-bond donors (Lipinski definition) is 1. The number of carbonyl (C=O) groups excluding carboxylic acids is 1. The minimum Gasteiger partial charge on any atom is -0.496 e. The summed E-state index contributed by atoms with van der Waals surface area (Å²) >= 11 is 0. The van der Waals surface area contributed by atoms with Crippen molar-refractivity contribution in [1.82, 2.24) is 9.21 Å². The first kappa shape index (κ1) is 19.7. The topological polar surface area (TPSA) is 87.2 Å². The van der Waals surface area contributed by atoms with Crippen LogP contribution in [0.2, 0.25) is 0 Å². The first-order valence-electron chi connectivity index (χ1n) is 8.22. The summed E-state index contributed by atoms with van der Waals surface area (Å²) in [6.45, 7) is 0.442. The van der Waals surface area contributed by atoms with Crippen molar-refractivity contribution in [2.45, 2.75) is 18.9 Å². The van der Waals surface area contributed by atoms with Crippen molar-refractivity contribution in [3.63, 3.8) is 0 Å². The van der Waals surface area contributed by atoms with Crippen LogP contribution in [0.3, 0.4) is 0 Å². The molecule has 0 aromatic heterocycles. The van der Waals surface area contributed by atoms with Crippen LogP contribution >= 0.6 is 0 Å². The van der Waals surface area contributed by atoms with E-state index in [2.05, 4.69) is 0 Å². The molecule has 1 aliphatic heterocycles. The zero-order valence-corrected chi connectivity index (χ0v) is 15.7. The molecule has 0 radical (unpaired) electrons. The van der Waals surface area contributed by atoms with Gasteiger partial charge in [0.15, 0.2) is 0 Å². The van der Waals surface area contributed by atoms with E-state index in [1.807, 2.05) is 24.3 Å². The second-order valence-corrected chi connectivity index (χ2v) is 8.73. The van der Waals surface area contributed by atoms with E-state index in [4.69, 9.17) is 4.74 Å². The van der Waals surface area contributed by atoms with E-state index in [0.29, 0.717) is 12.8 Å². The van der Waals surface area contributed by atoms with Gasteiger partial charge in [0.2, 0.25) is 15.9 Å². The smallest absolute Gasteiger partial charge is 0.223 e. The normalized spacial score (nSPS) is 20.9. The molecule has 25 heavy (non-hydrogen) atoms. The molecule has 1 N–H and O–H groups in total. The molecule has 140 valence electrons. The summed E-state index contributed by atoms with van der Waals surface area (Å²) in [6, 6.07) is 7.53. The van der Waals surface area contributed by atoms with Gasteiger partial charge in [-0.1, -0.05) is 18.2 Å². The van der Waals surface area contributed by atoms with Crippen molar-refractivity contribution in [2.75, 3.05) is 40.0 Å². The monoisotopic (exact) mass is 370 g/mol. The predicted octanol–water partition coefficient (Wildman–Crippen LogP) is 0.339. The van der Waals surface area contributed by atoms with Gasteiger partial charge in [0.1, 0.15) is 5.75 Å². The molecule has 1 amide bonds. The van der Waals surface area contributed by atoms with Crippen LogP contribution in [0, 0.1) is 5.92 Å². The second kappa shape index (κ2) is 8.16. The Bertz CT molecular complexity index is 705. The minimum absolute atomic E-state index is 0.0882. The summed E-state index contributed by atoms with van der Waals surface area (Å²) in [5, 5.41) is 10.1. The zero-order valence-electron chi connectivity index (χ0n) is 14.9. The molecule has 1 heterocycles. The number of likely N-dealkylation sites (tertiary alicyclic amines) is 1. The molecule has 0 saturated carbocycles. The van der Waals surface area contributed by atoms with Crippen molar-refractivity contribution >= 4 is 15.9 Å². The highest BCUT2D eigenvalue weighted by atomic mass is 32.2. The summed E-state index contributed by atoms with van der Waals surface area (Å²) in [4.78, 5) is 14.0. The molecule has 1 aliphatic rings. The van der Waals surface area contributed by atoms with E-state index in [1.165, 1.54) is 14.1 Å². The average molecular weight is 370 g/mol. The number of hydrogen-bond acceptors (Lipinski definition) is 5. The lowest BCUT2D eigenvalue weighted by molar-refractivity contribution is -0.130. The largest absolute Gasteiger partial charge is 0.496 e. The highest BCUT2D eigenvalue weighted by Gasteiger charge is 2.37. The van der Waals surface area contributed by atoms with Gasteiger partial charge >= 0.3 is 0 Å². The van der Waals surface area contributed by atoms with Crippen LogP contribution in [0.4, 0.5) is 0 Å². The van der Waals surface area contributed by atoms with Crippen LogP contribution < -0.4 is 4.74 Å². The number of aliphatic hydroxyl groups is 1. The highest BCUT2D eigenvalue weighted by Crippen LogP contribution is 2.23. The van der Waals surface area contributed by atoms with Crippen LogP contribution in [0.5, 0.6) is 5.75 Å². The Morgan fingerprint density at radius 1 is 1.32 bits per heavy atom. The molecule has 1 aromatic carbocycles. The summed E-state index contributed by atoms with van der Waals surface area (Å²) in [5.41, 5.74) is 0.949. The van der Waals surface area contributed by atoms with Crippen molar-refractivity contribution in [1.29, 1.82) is 0 Å². The maximum Gasteiger partial charge on any atom is 0.223 e. The summed E-state index contributed by atoms with van der Waals surface area (Å²) in [5.74, 6) is 0.0429. The molecule has 0 aliphatic carbocycles. The third-order valence-electron chi connectivity index (χ3n) is 4.54. The number of rotatable bonds is 7. The van der Waals surface area contributed by atoms with Gasteiger partial charge < -0.3 is 14.7 Å². The number of β-amino-alcohol motifs (C(OH)–C–C–N with tert-alkyl or cyclic N) is 1. The lowest BCUT2D eigenvalue weighted by atomic mass is 10.1. The Balaban J connectivity index is 1.93. The Morgan fingerprint density at radius 3 is 2.64 bits per heavy atom. The van der Waals surface area contributed by atoms with Gasteiger partial charge in [-0.2, -0.15) is 0 Å². The SMILES string of the molecule is COc1ccccc1CCC(=O)N1C[C@@H](CS(=O)(=O)N(C)C)[C@H](O)C1. The fourth-order valence-electron chi connectivity index (χ4n) is 2.95. The first-order valence-corrected chi connectivity index (χ1v) is 9.83. The molecule has 8 heteroatoms. The van der Waals surface area contributed by atoms with Gasteiger partial charge in [-0.25, -0.2) is 12.7 Å². The van der Waals surface area contributed by atoms with E-state index in [1.54, 1.807) is 12.0 Å². The Hall–Kier alpha value is -1.64. The van der Waals surface area contributed by atoms with E-state index in [-0.39, 0.29) is 24.7 Å². The molecule has 1 aromatic rings. The van der Waals surface area contributed by atoms with Crippen LogP contribution in [0.25, 0.3) is 0 Å². The fourth-order valence-corrected chi connectivity index (χ4v) is 4.12. The summed E-state index contributed by atoms with van der Waals surface area (Å²) in [7, 11) is 1.11. The molecule has 1 saturated heterocycles. The summed E-state index contributed by atoms with van der Waals surface area (Å²) < 4.78 is 30.4. The number of methoxy groups -OCH3 is 1. The number of aryl methyl sites for hydroxylation is 1. The van der Waals surface area contributed by atoms with Gasteiger partial charge in [-0.15, -0.1) is 0 Å². The van der Waals surface area contributed by atoms with E-state index >= 15 is 0 Å². The van der Waals surface area contributed by atoms with E-state index in [0.717, 1.165) is 15.6 Å². The molecule has 0 spiro atoms. The Morgan fingerprint density at radius 2 is 2.00 bits per heavy atom. The molecular formula is C17H26N2O5S. The molecule has 7 nitrogen and oxygen atoms in total. The van der Waals surface area contributed by atoms with E-state index < -0.39 is 22.0 Å².